The maximum atomic E-state index is 9.79. The molecule has 0 spiro atoms. The quantitative estimate of drug-likeness (QED) is 0.893. The number of rotatable bonds is 5. The summed E-state index contributed by atoms with van der Waals surface area (Å²) in [6, 6.07) is 10.0. The summed E-state index contributed by atoms with van der Waals surface area (Å²) in [5.74, 6) is 0. The molecule has 0 saturated heterocycles. The molecule has 0 radical (unpaired) electrons. The highest BCUT2D eigenvalue weighted by Gasteiger charge is 2.16. The highest BCUT2D eigenvalue weighted by atomic mass is 16.3. The Morgan fingerprint density at radius 2 is 1.95 bits per heavy atom. The van der Waals surface area contributed by atoms with E-state index in [9.17, 15) is 5.11 Å². The van der Waals surface area contributed by atoms with Gasteiger partial charge in [-0.25, -0.2) is 4.68 Å². The maximum absolute atomic E-state index is 9.79. The fourth-order valence-electron chi connectivity index (χ4n) is 2.19. The Morgan fingerprint density at radius 3 is 2.58 bits per heavy atom. The lowest BCUT2D eigenvalue weighted by atomic mass is 10.1. The highest BCUT2D eigenvalue weighted by Crippen LogP contribution is 2.11. The van der Waals surface area contributed by atoms with Crippen LogP contribution in [-0.4, -0.2) is 39.0 Å². The smallest absolute Gasteiger partial charge is 0.0718 e. The van der Waals surface area contributed by atoms with E-state index < -0.39 is 5.60 Å². The molecule has 0 amide bonds. The summed E-state index contributed by atoms with van der Waals surface area (Å²) in [6.45, 7) is 5.04. The molecule has 1 aromatic carbocycles. The zero-order chi connectivity index (χ0) is 13.9. The van der Waals surface area contributed by atoms with Crippen molar-refractivity contribution in [2.24, 2.45) is 0 Å². The summed E-state index contributed by atoms with van der Waals surface area (Å²) >= 11 is 0. The van der Waals surface area contributed by atoms with Crippen molar-refractivity contribution in [3.05, 3.63) is 48.3 Å². The molecule has 102 valence electrons. The molecule has 0 saturated carbocycles. The molecule has 0 unspecified atom stereocenters. The van der Waals surface area contributed by atoms with E-state index in [2.05, 4.69) is 10.00 Å². The number of hydrogen-bond donors (Lipinski definition) is 1. The van der Waals surface area contributed by atoms with Gasteiger partial charge in [0, 0.05) is 24.8 Å². The predicted octanol–water partition coefficient (Wildman–Crippen LogP) is 2.08. The number of aromatic nitrogens is 2. The zero-order valence-corrected chi connectivity index (χ0v) is 11.7. The van der Waals surface area contributed by atoms with Gasteiger partial charge in [-0.3, -0.25) is 4.90 Å². The van der Waals surface area contributed by atoms with Gasteiger partial charge in [-0.1, -0.05) is 18.2 Å². The van der Waals surface area contributed by atoms with Crippen LogP contribution in [0.2, 0.25) is 0 Å². The molecule has 4 heteroatoms. The van der Waals surface area contributed by atoms with Crippen LogP contribution in [0.5, 0.6) is 0 Å². The molecule has 0 atom stereocenters. The number of aliphatic hydroxyl groups is 1. The van der Waals surface area contributed by atoms with Gasteiger partial charge in [-0.05, 0) is 33.0 Å². The Labute approximate surface area is 114 Å². The third kappa shape index (κ3) is 4.19. The SMILES string of the molecule is CN(Cc1cnn(-c2ccccc2)c1)CC(C)(C)O. The first-order valence-electron chi connectivity index (χ1n) is 6.44. The molecule has 0 fully saturated rings. The Bertz CT molecular complexity index is 514. The molecule has 0 bridgehead atoms. The first-order chi connectivity index (χ1) is 8.94. The van der Waals surface area contributed by atoms with Crippen molar-refractivity contribution in [1.29, 1.82) is 0 Å². The molecule has 1 heterocycles. The van der Waals surface area contributed by atoms with Crippen LogP contribution in [0.3, 0.4) is 0 Å². The minimum atomic E-state index is -0.676. The summed E-state index contributed by atoms with van der Waals surface area (Å²) < 4.78 is 1.87. The van der Waals surface area contributed by atoms with E-state index in [0.717, 1.165) is 17.8 Å². The van der Waals surface area contributed by atoms with Crippen LogP contribution >= 0.6 is 0 Å². The standard InChI is InChI=1S/C15H21N3O/c1-15(2,19)12-17(3)10-13-9-16-18(11-13)14-7-5-4-6-8-14/h4-9,11,19H,10,12H2,1-3H3. The van der Waals surface area contributed by atoms with Crippen molar-refractivity contribution in [3.8, 4) is 5.69 Å². The molecule has 2 aromatic rings. The van der Waals surface area contributed by atoms with Gasteiger partial charge in [0.05, 0.1) is 17.5 Å². The first kappa shape index (κ1) is 13.8. The molecule has 19 heavy (non-hydrogen) atoms. The molecule has 1 N–H and O–H groups in total. The van der Waals surface area contributed by atoms with E-state index in [4.69, 9.17) is 0 Å². The van der Waals surface area contributed by atoms with Gasteiger partial charge in [0.25, 0.3) is 0 Å². The van der Waals surface area contributed by atoms with Crippen LogP contribution in [0.1, 0.15) is 19.4 Å². The Balaban J connectivity index is 2.02. The number of nitrogens with zero attached hydrogens (tertiary/aromatic N) is 3. The second kappa shape index (κ2) is 5.55. The van der Waals surface area contributed by atoms with E-state index in [1.807, 2.05) is 68.3 Å². The second-order valence-electron chi connectivity index (χ2n) is 5.61. The third-order valence-corrected chi connectivity index (χ3v) is 2.77. The number of hydrogen-bond acceptors (Lipinski definition) is 3. The van der Waals surface area contributed by atoms with Crippen LogP contribution in [0, 0.1) is 0 Å². The van der Waals surface area contributed by atoms with Crippen molar-refractivity contribution < 1.29 is 5.11 Å². The largest absolute Gasteiger partial charge is 0.389 e. The normalized spacial score (nSPS) is 12.1. The summed E-state index contributed by atoms with van der Waals surface area (Å²) in [6.07, 6.45) is 3.89. The average Bonchev–Trinajstić information content (AvgIpc) is 2.76. The van der Waals surface area contributed by atoms with Crippen molar-refractivity contribution in [2.45, 2.75) is 26.0 Å². The summed E-state index contributed by atoms with van der Waals surface area (Å²) in [5, 5.41) is 14.2. The van der Waals surface area contributed by atoms with Crippen LogP contribution in [0.15, 0.2) is 42.7 Å². The number of benzene rings is 1. The molecular formula is C15H21N3O. The molecular weight excluding hydrogens is 238 g/mol. The van der Waals surface area contributed by atoms with Gasteiger partial charge in [0.15, 0.2) is 0 Å². The van der Waals surface area contributed by atoms with E-state index in [1.54, 1.807) is 0 Å². The van der Waals surface area contributed by atoms with E-state index >= 15 is 0 Å². The Hall–Kier alpha value is -1.65. The molecule has 2 rings (SSSR count). The fourth-order valence-corrected chi connectivity index (χ4v) is 2.19. The van der Waals surface area contributed by atoms with Gasteiger partial charge in [-0.2, -0.15) is 5.10 Å². The topological polar surface area (TPSA) is 41.3 Å². The maximum Gasteiger partial charge on any atom is 0.0718 e. The predicted molar refractivity (Wildman–Crippen MR) is 76.2 cm³/mol. The Morgan fingerprint density at radius 1 is 1.26 bits per heavy atom. The van der Waals surface area contributed by atoms with Gasteiger partial charge in [-0.15, -0.1) is 0 Å². The van der Waals surface area contributed by atoms with Gasteiger partial charge in [0.1, 0.15) is 0 Å². The molecule has 1 aromatic heterocycles. The van der Waals surface area contributed by atoms with Crippen molar-refractivity contribution in [3.63, 3.8) is 0 Å². The molecule has 0 aliphatic rings. The van der Waals surface area contributed by atoms with E-state index in [-0.39, 0.29) is 0 Å². The van der Waals surface area contributed by atoms with Crippen molar-refractivity contribution >= 4 is 0 Å². The lowest BCUT2D eigenvalue weighted by Gasteiger charge is -2.24. The lowest BCUT2D eigenvalue weighted by molar-refractivity contribution is 0.0425. The number of likely N-dealkylation sites (N-methyl/N-ethyl adjacent to an activating group) is 1. The number of para-hydroxylation sites is 1. The van der Waals surface area contributed by atoms with Gasteiger partial charge < -0.3 is 5.11 Å². The van der Waals surface area contributed by atoms with E-state index in [1.165, 1.54) is 0 Å². The summed E-state index contributed by atoms with van der Waals surface area (Å²) in [5.41, 5.74) is 1.51. The minimum absolute atomic E-state index is 0.628. The second-order valence-corrected chi connectivity index (χ2v) is 5.61. The molecule has 0 aliphatic heterocycles. The first-order valence-corrected chi connectivity index (χ1v) is 6.44. The van der Waals surface area contributed by atoms with Crippen LogP contribution in [-0.2, 0) is 6.54 Å². The van der Waals surface area contributed by atoms with Crippen LogP contribution < -0.4 is 0 Å². The zero-order valence-electron chi connectivity index (χ0n) is 11.7. The van der Waals surface area contributed by atoms with Gasteiger partial charge in [0.2, 0.25) is 0 Å². The van der Waals surface area contributed by atoms with Crippen LogP contribution in [0.25, 0.3) is 5.69 Å². The van der Waals surface area contributed by atoms with Crippen LogP contribution in [0.4, 0.5) is 0 Å². The third-order valence-electron chi connectivity index (χ3n) is 2.77. The summed E-state index contributed by atoms with van der Waals surface area (Å²) in [4.78, 5) is 2.09. The lowest BCUT2D eigenvalue weighted by Crippen LogP contribution is -2.35. The monoisotopic (exact) mass is 259 g/mol. The average molecular weight is 259 g/mol. The fraction of sp³-hybridized carbons (Fsp3) is 0.400. The Kier molecular flexibility index (Phi) is 4.02. The van der Waals surface area contributed by atoms with Crippen molar-refractivity contribution in [1.82, 2.24) is 14.7 Å². The minimum Gasteiger partial charge on any atom is -0.389 e. The van der Waals surface area contributed by atoms with E-state index in [0.29, 0.717) is 6.54 Å². The van der Waals surface area contributed by atoms with Gasteiger partial charge >= 0.3 is 0 Å². The molecule has 4 nitrogen and oxygen atoms in total. The summed E-state index contributed by atoms with van der Waals surface area (Å²) in [7, 11) is 2.00. The molecule has 0 aliphatic carbocycles. The highest BCUT2D eigenvalue weighted by molar-refractivity contribution is 5.30. The van der Waals surface area contributed by atoms with Crippen molar-refractivity contribution in [2.75, 3.05) is 13.6 Å².